The van der Waals surface area contributed by atoms with Gasteiger partial charge in [-0.1, -0.05) is 43.7 Å². The van der Waals surface area contributed by atoms with Gasteiger partial charge in [-0.3, -0.25) is 14.5 Å². The molecule has 0 bridgehead atoms. The first-order valence-electron chi connectivity index (χ1n) is 9.88. The second-order valence-electron chi connectivity index (χ2n) is 7.85. The molecular weight excluding hydrogens is 328 g/mol. The molecule has 26 heavy (non-hydrogen) atoms. The molecule has 0 radical (unpaired) electrons. The molecule has 0 saturated heterocycles. The lowest BCUT2D eigenvalue weighted by atomic mass is 9.84. The average molecular weight is 358 g/mol. The van der Waals surface area contributed by atoms with Crippen LogP contribution in [0.25, 0.3) is 0 Å². The van der Waals surface area contributed by atoms with Crippen molar-refractivity contribution in [2.24, 2.45) is 5.92 Å². The number of carboxylic acids is 1. The van der Waals surface area contributed by atoms with E-state index in [1.54, 1.807) is 0 Å². The Kier molecular flexibility index (Phi) is 6.30. The minimum Gasteiger partial charge on any atom is -0.480 e. The van der Waals surface area contributed by atoms with E-state index in [-0.39, 0.29) is 24.4 Å². The van der Waals surface area contributed by atoms with Crippen LogP contribution in [0, 0.1) is 5.92 Å². The summed E-state index contributed by atoms with van der Waals surface area (Å²) in [7, 11) is 0. The molecule has 2 saturated carbocycles. The molecule has 1 atom stereocenters. The van der Waals surface area contributed by atoms with E-state index in [0.717, 1.165) is 37.8 Å². The largest absolute Gasteiger partial charge is 0.480 e. The SMILES string of the molecule is CCCC(C(=O)NC1CC(N(CC(=O)O)CC2CC2)C1)c1ccccc1. The number of carbonyl (C=O) groups is 2. The van der Waals surface area contributed by atoms with Gasteiger partial charge in [0.05, 0.1) is 12.5 Å². The average Bonchev–Trinajstić information content (AvgIpc) is 3.39. The van der Waals surface area contributed by atoms with Gasteiger partial charge in [0.25, 0.3) is 0 Å². The number of nitrogens with one attached hydrogen (secondary N) is 1. The van der Waals surface area contributed by atoms with Gasteiger partial charge in [-0.25, -0.2) is 0 Å². The zero-order chi connectivity index (χ0) is 18.5. The fourth-order valence-electron chi connectivity index (χ4n) is 3.88. The molecule has 3 rings (SSSR count). The van der Waals surface area contributed by atoms with Crippen LogP contribution in [0.4, 0.5) is 0 Å². The minimum absolute atomic E-state index is 0.0955. The molecule has 2 aliphatic carbocycles. The van der Waals surface area contributed by atoms with Gasteiger partial charge in [0, 0.05) is 18.6 Å². The van der Waals surface area contributed by atoms with Gasteiger partial charge in [-0.2, -0.15) is 0 Å². The Morgan fingerprint density at radius 1 is 1.23 bits per heavy atom. The van der Waals surface area contributed by atoms with Crippen LogP contribution in [0.1, 0.15) is 56.9 Å². The van der Waals surface area contributed by atoms with Crippen molar-refractivity contribution in [1.82, 2.24) is 10.2 Å². The summed E-state index contributed by atoms with van der Waals surface area (Å²) in [4.78, 5) is 26.0. The molecule has 0 aliphatic heterocycles. The highest BCUT2D eigenvalue weighted by Gasteiger charge is 2.38. The van der Waals surface area contributed by atoms with E-state index in [4.69, 9.17) is 5.11 Å². The maximum Gasteiger partial charge on any atom is 0.317 e. The van der Waals surface area contributed by atoms with E-state index >= 15 is 0 Å². The fourth-order valence-corrected chi connectivity index (χ4v) is 3.88. The Morgan fingerprint density at radius 3 is 2.50 bits per heavy atom. The van der Waals surface area contributed by atoms with Crippen LogP contribution in [-0.4, -0.2) is 47.1 Å². The molecule has 1 amide bonds. The number of benzene rings is 1. The molecule has 0 spiro atoms. The first kappa shape index (κ1) is 18.9. The topological polar surface area (TPSA) is 69.6 Å². The van der Waals surface area contributed by atoms with Crippen LogP contribution in [0.5, 0.6) is 0 Å². The van der Waals surface area contributed by atoms with Gasteiger partial charge in [0.1, 0.15) is 0 Å². The van der Waals surface area contributed by atoms with Crippen molar-refractivity contribution in [3.63, 3.8) is 0 Å². The number of hydrogen-bond donors (Lipinski definition) is 2. The van der Waals surface area contributed by atoms with Gasteiger partial charge in [0.2, 0.25) is 5.91 Å². The molecule has 2 N–H and O–H groups in total. The third-order valence-corrected chi connectivity index (χ3v) is 5.60. The summed E-state index contributed by atoms with van der Waals surface area (Å²) in [6.07, 6.45) is 5.98. The number of carbonyl (C=O) groups excluding carboxylic acids is 1. The highest BCUT2D eigenvalue weighted by molar-refractivity contribution is 5.84. The van der Waals surface area contributed by atoms with Gasteiger partial charge in [0.15, 0.2) is 0 Å². The van der Waals surface area contributed by atoms with Crippen LogP contribution < -0.4 is 5.32 Å². The number of hydrogen-bond acceptors (Lipinski definition) is 3. The van der Waals surface area contributed by atoms with Crippen molar-refractivity contribution in [1.29, 1.82) is 0 Å². The van der Waals surface area contributed by atoms with Crippen LogP contribution in [0.3, 0.4) is 0 Å². The van der Waals surface area contributed by atoms with Crippen LogP contribution >= 0.6 is 0 Å². The normalized spacial score (nSPS) is 23.3. The molecule has 5 heteroatoms. The van der Waals surface area contributed by atoms with E-state index in [0.29, 0.717) is 12.0 Å². The lowest BCUT2D eigenvalue weighted by molar-refractivity contribution is -0.140. The molecule has 2 fully saturated rings. The smallest absolute Gasteiger partial charge is 0.317 e. The molecule has 2 aliphatic rings. The standard InChI is InChI=1S/C21H30N2O3/c1-2-6-19(16-7-4-3-5-8-16)21(26)22-17-11-18(12-17)23(14-20(24)25)13-15-9-10-15/h3-5,7-8,15,17-19H,2,6,9-14H2,1H3,(H,22,26)(H,24,25). The van der Waals surface area contributed by atoms with E-state index in [1.165, 1.54) is 12.8 Å². The third kappa shape index (κ3) is 5.07. The van der Waals surface area contributed by atoms with Crippen LogP contribution in [-0.2, 0) is 9.59 Å². The molecule has 1 aromatic carbocycles. The predicted octanol–water partition coefficient (Wildman–Crippen LogP) is 3.01. The minimum atomic E-state index is -0.759. The Hall–Kier alpha value is -1.88. The quantitative estimate of drug-likeness (QED) is 0.674. The first-order chi connectivity index (χ1) is 12.6. The maximum absolute atomic E-state index is 12.8. The van der Waals surface area contributed by atoms with Crippen molar-refractivity contribution in [2.75, 3.05) is 13.1 Å². The number of amides is 1. The molecule has 1 unspecified atom stereocenters. The van der Waals surface area contributed by atoms with Crippen molar-refractivity contribution < 1.29 is 14.7 Å². The molecule has 0 aromatic heterocycles. The van der Waals surface area contributed by atoms with E-state index in [9.17, 15) is 9.59 Å². The Bertz CT molecular complexity index is 609. The van der Waals surface area contributed by atoms with Crippen molar-refractivity contribution in [2.45, 2.75) is 63.5 Å². The van der Waals surface area contributed by atoms with E-state index < -0.39 is 5.97 Å². The van der Waals surface area contributed by atoms with Gasteiger partial charge in [-0.15, -0.1) is 0 Å². The highest BCUT2D eigenvalue weighted by atomic mass is 16.4. The molecule has 142 valence electrons. The third-order valence-electron chi connectivity index (χ3n) is 5.60. The van der Waals surface area contributed by atoms with Gasteiger partial charge in [-0.05, 0) is 43.6 Å². The lowest BCUT2D eigenvalue weighted by Crippen LogP contribution is -2.55. The van der Waals surface area contributed by atoms with Gasteiger partial charge < -0.3 is 10.4 Å². The first-order valence-corrected chi connectivity index (χ1v) is 9.88. The van der Waals surface area contributed by atoms with E-state index in [2.05, 4.69) is 17.1 Å². The van der Waals surface area contributed by atoms with Crippen LogP contribution in [0.2, 0.25) is 0 Å². The summed E-state index contributed by atoms with van der Waals surface area (Å²) in [5.41, 5.74) is 1.07. The molecule has 0 heterocycles. The number of rotatable bonds is 10. The number of aliphatic carboxylic acids is 1. The Labute approximate surface area is 155 Å². The maximum atomic E-state index is 12.8. The second-order valence-corrected chi connectivity index (χ2v) is 7.85. The molecule has 5 nitrogen and oxygen atoms in total. The number of carboxylic acid groups (broad SMARTS) is 1. The summed E-state index contributed by atoms with van der Waals surface area (Å²) in [6, 6.07) is 10.4. The zero-order valence-corrected chi connectivity index (χ0v) is 15.6. The Balaban J connectivity index is 1.51. The summed E-state index contributed by atoms with van der Waals surface area (Å²) >= 11 is 0. The van der Waals surface area contributed by atoms with Gasteiger partial charge >= 0.3 is 5.97 Å². The van der Waals surface area contributed by atoms with E-state index in [1.807, 2.05) is 30.3 Å². The predicted molar refractivity (Wildman–Crippen MR) is 101 cm³/mol. The van der Waals surface area contributed by atoms with Crippen molar-refractivity contribution in [3.8, 4) is 0 Å². The lowest BCUT2D eigenvalue weighted by Gasteiger charge is -2.43. The Morgan fingerprint density at radius 2 is 1.92 bits per heavy atom. The van der Waals surface area contributed by atoms with Crippen molar-refractivity contribution >= 4 is 11.9 Å². The highest BCUT2D eigenvalue weighted by Crippen LogP contribution is 2.34. The monoisotopic (exact) mass is 358 g/mol. The van der Waals surface area contributed by atoms with Crippen LogP contribution in [0.15, 0.2) is 30.3 Å². The summed E-state index contributed by atoms with van der Waals surface area (Å²) in [5.74, 6) is -0.0736. The molecule has 1 aromatic rings. The molecular formula is C21H30N2O3. The summed E-state index contributed by atoms with van der Waals surface area (Å²) < 4.78 is 0. The second kappa shape index (κ2) is 8.67. The number of nitrogens with zero attached hydrogens (tertiary/aromatic N) is 1. The van der Waals surface area contributed by atoms with Crippen molar-refractivity contribution in [3.05, 3.63) is 35.9 Å². The summed E-state index contributed by atoms with van der Waals surface area (Å²) in [6.45, 7) is 3.11. The zero-order valence-electron chi connectivity index (χ0n) is 15.6. The fraction of sp³-hybridized carbons (Fsp3) is 0.619. The summed E-state index contributed by atoms with van der Waals surface area (Å²) in [5, 5.41) is 12.3.